The maximum absolute atomic E-state index is 9.65. The van der Waals surface area contributed by atoms with E-state index in [0.717, 1.165) is 62.0 Å². The maximum atomic E-state index is 9.65. The minimum atomic E-state index is 0.183. The van der Waals surface area contributed by atoms with Crippen molar-refractivity contribution in [3.05, 3.63) is 53.6 Å². The van der Waals surface area contributed by atoms with Gasteiger partial charge in [0.05, 0.1) is 20.3 Å². The molecule has 3 rings (SSSR count). The van der Waals surface area contributed by atoms with E-state index < -0.39 is 0 Å². The van der Waals surface area contributed by atoms with Gasteiger partial charge >= 0.3 is 0 Å². The highest BCUT2D eigenvalue weighted by Crippen LogP contribution is 2.25. The fourth-order valence-corrected chi connectivity index (χ4v) is 4.13. The highest BCUT2D eigenvalue weighted by molar-refractivity contribution is 5.38. The zero-order valence-electron chi connectivity index (χ0n) is 19.2. The Kier molecular flexibility index (Phi) is 8.58. The molecule has 1 saturated heterocycles. The molecule has 0 bridgehead atoms. The molecule has 0 aromatic heterocycles. The Morgan fingerprint density at radius 1 is 0.903 bits per heavy atom. The monoisotopic (exact) mass is 428 g/mol. The molecular weight excluding hydrogens is 392 g/mol. The van der Waals surface area contributed by atoms with Gasteiger partial charge in [-0.2, -0.15) is 0 Å². The van der Waals surface area contributed by atoms with E-state index in [4.69, 9.17) is 14.2 Å². The summed E-state index contributed by atoms with van der Waals surface area (Å²) in [5, 5.41) is 9.65. The minimum absolute atomic E-state index is 0.183. The number of ether oxygens (including phenoxy) is 3. The maximum Gasteiger partial charge on any atom is 0.122 e. The summed E-state index contributed by atoms with van der Waals surface area (Å²) < 4.78 is 16.6. The number of aliphatic hydroxyl groups is 1. The molecule has 6 heteroatoms. The smallest absolute Gasteiger partial charge is 0.122 e. The Morgan fingerprint density at radius 3 is 2.16 bits per heavy atom. The van der Waals surface area contributed by atoms with Gasteiger partial charge in [0.15, 0.2) is 0 Å². The quantitative estimate of drug-likeness (QED) is 0.625. The lowest BCUT2D eigenvalue weighted by Gasteiger charge is -2.41. The number of nitrogens with zero attached hydrogens (tertiary/aromatic N) is 2. The molecule has 1 heterocycles. The average Bonchev–Trinajstić information content (AvgIpc) is 2.76. The molecule has 0 radical (unpaired) electrons. The Labute approximate surface area is 186 Å². The lowest BCUT2D eigenvalue weighted by atomic mass is 10.1. The molecule has 1 unspecified atom stereocenters. The van der Waals surface area contributed by atoms with Crippen LogP contribution in [-0.4, -0.2) is 67.5 Å². The van der Waals surface area contributed by atoms with E-state index in [1.807, 2.05) is 32.0 Å². The van der Waals surface area contributed by atoms with E-state index in [0.29, 0.717) is 6.04 Å². The van der Waals surface area contributed by atoms with Crippen LogP contribution in [0, 0.1) is 0 Å². The van der Waals surface area contributed by atoms with Gasteiger partial charge < -0.3 is 19.3 Å². The van der Waals surface area contributed by atoms with Crippen molar-refractivity contribution < 1.29 is 19.3 Å². The molecule has 0 amide bonds. The molecule has 31 heavy (non-hydrogen) atoms. The standard InChI is InChI=1S/C25H36N2O4/c1-19(2)31-23-7-5-20(6-8-23)16-26-10-11-27(22(18-26)9-12-28)17-21-13-24(29-3)15-25(14-21)30-4/h5-8,13-15,19,22,28H,9-12,16-18H2,1-4H3. The van der Waals surface area contributed by atoms with Crippen LogP contribution < -0.4 is 14.2 Å². The topological polar surface area (TPSA) is 54.4 Å². The second-order valence-corrected chi connectivity index (χ2v) is 8.40. The van der Waals surface area contributed by atoms with Crippen molar-refractivity contribution in [2.24, 2.45) is 0 Å². The van der Waals surface area contributed by atoms with Crippen molar-refractivity contribution in [1.82, 2.24) is 9.80 Å². The number of hydrogen-bond acceptors (Lipinski definition) is 6. The van der Waals surface area contributed by atoms with Gasteiger partial charge in [0.25, 0.3) is 0 Å². The van der Waals surface area contributed by atoms with Crippen molar-refractivity contribution >= 4 is 0 Å². The molecule has 6 nitrogen and oxygen atoms in total. The predicted octanol–water partition coefficient (Wildman–Crippen LogP) is 3.56. The largest absolute Gasteiger partial charge is 0.497 e. The fourth-order valence-electron chi connectivity index (χ4n) is 4.13. The summed E-state index contributed by atoms with van der Waals surface area (Å²) in [4.78, 5) is 4.93. The number of benzene rings is 2. The second kappa shape index (κ2) is 11.4. The zero-order chi connectivity index (χ0) is 22.2. The number of piperazine rings is 1. The first-order valence-corrected chi connectivity index (χ1v) is 11.1. The van der Waals surface area contributed by atoms with Crippen LogP contribution in [0.4, 0.5) is 0 Å². The van der Waals surface area contributed by atoms with Gasteiger partial charge in [0.2, 0.25) is 0 Å². The van der Waals surface area contributed by atoms with E-state index >= 15 is 0 Å². The van der Waals surface area contributed by atoms with E-state index in [9.17, 15) is 5.11 Å². The second-order valence-electron chi connectivity index (χ2n) is 8.40. The summed E-state index contributed by atoms with van der Waals surface area (Å²) in [6.07, 6.45) is 0.946. The summed E-state index contributed by atoms with van der Waals surface area (Å²) in [6, 6.07) is 14.7. The fraction of sp³-hybridized carbons (Fsp3) is 0.520. The van der Waals surface area contributed by atoms with Crippen LogP contribution in [0.1, 0.15) is 31.4 Å². The van der Waals surface area contributed by atoms with Crippen LogP contribution in [0.25, 0.3) is 0 Å². The van der Waals surface area contributed by atoms with Gasteiger partial charge in [0, 0.05) is 51.4 Å². The lowest BCUT2D eigenvalue weighted by molar-refractivity contribution is 0.0499. The van der Waals surface area contributed by atoms with E-state index in [-0.39, 0.29) is 12.7 Å². The highest BCUT2D eigenvalue weighted by Gasteiger charge is 2.27. The zero-order valence-corrected chi connectivity index (χ0v) is 19.2. The summed E-state index contributed by atoms with van der Waals surface area (Å²) in [5.41, 5.74) is 2.44. The molecule has 0 spiro atoms. The van der Waals surface area contributed by atoms with Crippen molar-refractivity contribution in [3.8, 4) is 17.2 Å². The molecule has 1 fully saturated rings. The first-order valence-electron chi connectivity index (χ1n) is 11.1. The summed E-state index contributed by atoms with van der Waals surface area (Å²) in [6.45, 7) is 8.88. The third kappa shape index (κ3) is 6.86. The third-order valence-corrected chi connectivity index (χ3v) is 5.65. The molecule has 1 aliphatic rings. The molecule has 1 N–H and O–H groups in total. The number of hydrogen-bond donors (Lipinski definition) is 1. The van der Waals surface area contributed by atoms with Crippen LogP contribution in [0.15, 0.2) is 42.5 Å². The molecule has 2 aromatic carbocycles. The summed E-state index contributed by atoms with van der Waals surface area (Å²) >= 11 is 0. The number of methoxy groups -OCH3 is 2. The normalized spacial score (nSPS) is 17.7. The van der Waals surface area contributed by atoms with Gasteiger partial charge in [-0.1, -0.05) is 12.1 Å². The number of rotatable bonds is 10. The van der Waals surface area contributed by atoms with E-state index in [2.05, 4.69) is 34.1 Å². The Balaban J connectivity index is 1.62. The lowest BCUT2D eigenvalue weighted by Crippen LogP contribution is -2.52. The molecule has 0 saturated carbocycles. The van der Waals surface area contributed by atoms with E-state index in [1.165, 1.54) is 5.56 Å². The predicted molar refractivity (Wildman–Crippen MR) is 123 cm³/mol. The Hall–Kier alpha value is -2.28. The molecule has 1 aliphatic heterocycles. The van der Waals surface area contributed by atoms with Gasteiger partial charge in [-0.15, -0.1) is 0 Å². The van der Waals surface area contributed by atoms with Gasteiger partial charge in [-0.25, -0.2) is 0 Å². The van der Waals surface area contributed by atoms with Gasteiger partial charge in [-0.3, -0.25) is 9.80 Å². The van der Waals surface area contributed by atoms with Crippen molar-refractivity contribution in [2.75, 3.05) is 40.5 Å². The van der Waals surface area contributed by atoms with Crippen LogP contribution in [0.2, 0.25) is 0 Å². The molecule has 2 aromatic rings. The SMILES string of the molecule is COc1cc(CN2CCN(Cc3ccc(OC(C)C)cc3)CC2CCO)cc(OC)c1. The summed E-state index contributed by atoms with van der Waals surface area (Å²) in [7, 11) is 3.35. The number of aliphatic hydroxyl groups excluding tert-OH is 1. The molecular formula is C25H36N2O4. The Bertz CT molecular complexity index is 787. The van der Waals surface area contributed by atoms with Crippen molar-refractivity contribution in [1.29, 1.82) is 0 Å². The highest BCUT2D eigenvalue weighted by atomic mass is 16.5. The minimum Gasteiger partial charge on any atom is -0.497 e. The first kappa shape index (κ1) is 23.4. The van der Waals surface area contributed by atoms with Crippen LogP contribution >= 0.6 is 0 Å². The summed E-state index contributed by atoms with van der Waals surface area (Å²) in [5.74, 6) is 2.52. The van der Waals surface area contributed by atoms with Crippen LogP contribution in [-0.2, 0) is 13.1 Å². The first-order chi connectivity index (χ1) is 15.0. The van der Waals surface area contributed by atoms with Crippen molar-refractivity contribution in [2.45, 2.75) is 45.5 Å². The molecule has 0 aliphatic carbocycles. The van der Waals surface area contributed by atoms with Gasteiger partial charge in [0.1, 0.15) is 17.2 Å². The Morgan fingerprint density at radius 2 is 1.58 bits per heavy atom. The third-order valence-electron chi connectivity index (χ3n) is 5.65. The van der Waals surface area contributed by atoms with Crippen molar-refractivity contribution in [3.63, 3.8) is 0 Å². The van der Waals surface area contributed by atoms with Crippen LogP contribution in [0.3, 0.4) is 0 Å². The van der Waals surface area contributed by atoms with Gasteiger partial charge in [-0.05, 0) is 55.7 Å². The van der Waals surface area contributed by atoms with Crippen LogP contribution in [0.5, 0.6) is 17.2 Å². The molecule has 170 valence electrons. The molecule has 1 atom stereocenters. The average molecular weight is 429 g/mol. The van der Waals surface area contributed by atoms with E-state index in [1.54, 1.807) is 14.2 Å².